The molecule has 3 aliphatic rings. The molecule has 2 unspecified atom stereocenters. The zero-order valence-electron chi connectivity index (χ0n) is 26.4. The van der Waals surface area contributed by atoms with Crippen molar-refractivity contribution < 1.29 is 28.8 Å². The molecule has 1 aliphatic carbocycles. The lowest BCUT2D eigenvalue weighted by molar-refractivity contribution is -0.143. The molecule has 0 aromatic heterocycles. The Kier molecular flexibility index (Phi) is 12.5. The fourth-order valence-electron chi connectivity index (χ4n) is 5.85. The quantitative estimate of drug-likeness (QED) is 0.0613. The van der Waals surface area contributed by atoms with Crippen molar-refractivity contribution >= 4 is 52.5 Å². The third-order valence-electron chi connectivity index (χ3n) is 8.59. The van der Waals surface area contributed by atoms with Crippen LogP contribution in [0.4, 0.5) is 0 Å². The zero-order valence-corrected chi connectivity index (χ0v) is 28.0. The van der Waals surface area contributed by atoms with E-state index in [0.29, 0.717) is 52.9 Å². The van der Waals surface area contributed by atoms with Crippen LogP contribution in [0.1, 0.15) is 98.3 Å². The molecule has 244 valence electrons. The molecule has 2 heterocycles. The van der Waals surface area contributed by atoms with Crippen LogP contribution in [0.5, 0.6) is 11.5 Å². The van der Waals surface area contributed by atoms with Gasteiger partial charge in [0, 0.05) is 11.1 Å². The molecule has 8 nitrogen and oxygen atoms in total. The van der Waals surface area contributed by atoms with Crippen molar-refractivity contribution in [3.63, 3.8) is 0 Å². The van der Waals surface area contributed by atoms with Gasteiger partial charge in [-0.2, -0.15) is 11.8 Å². The van der Waals surface area contributed by atoms with Gasteiger partial charge in [-0.1, -0.05) is 49.5 Å². The molecule has 46 heavy (non-hydrogen) atoms. The Morgan fingerprint density at radius 1 is 0.739 bits per heavy atom. The van der Waals surface area contributed by atoms with E-state index in [1.807, 2.05) is 6.92 Å². The van der Waals surface area contributed by atoms with Crippen molar-refractivity contribution in [2.24, 2.45) is 16.2 Å². The van der Waals surface area contributed by atoms with Crippen LogP contribution in [0, 0.1) is 5.92 Å². The molecule has 0 spiro atoms. The lowest BCUT2D eigenvalue weighted by Gasteiger charge is -2.12. The van der Waals surface area contributed by atoms with Gasteiger partial charge in [0.2, 0.25) is 11.6 Å². The minimum atomic E-state index is -0.374. The van der Waals surface area contributed by atoms with Crippen LogP contribution in [0.25, 0.3) is 0 Å². The van der Waals surface area contributed by atoms with Crippen molar-refractivity contribution in [1.29, 1.82) is 0 Å². The Labute approximate surface area is 279 Å². The highest BCUT2D eigenvalue weighted by Gasteiger charge is 2.27. The summed E-state index contributed by atoms with van der Waals surface area (Å²) in [5.41, 5.74) is 1.54. The van der Waals surface area contributed by atoms with E-state index < -0.39 is 0 Å². The molecular formula is C36H42N2O6S2. The number of benzene rings is 2. The number of nitrogens with zero attached hydrogens (tertiary/aromatic N) is 2. The number of oxime groups is 2. The van der Waals surface area contributed by atoms with Gasteiger partial charge in [-0.3, -0.25) is 9.59 Å². The molecule has 3 fully saturated rings. The molecule has 0 radical (unpaired) electrons. The van der Waals surface area contributed by atoms with E-state index in [1.165, 1.54) is 25.7 Å². The lowest BCUT2D eigenvalue weighted by Crippen LogP contribution is -2.20. The highest BCUT2D eigenvalue weighted by atomic mass is 32.2. The Balaban J connectivity index is 1.19. The van der Waals surface area contributed by atoms with Crippen molar-refractivity contribution in [2.45, 2.75) is 88.1 Å². The van der Waals surface area contributed by atoms with Crippen molar-refractivity contribution in [3.8, 4) is 11.5 Å². The molecule has 2 aliphatic heterocycles. The molecule has 2 aromatic carbocycles. The number of carbonyl (C=O) groups excluding carboxylic acids is 3. The van der Waals surface area contributed by atoms with E-state index in [9.17, 15) is 14.4 Å². The van der Waals surface area contributed by atoms with E-state index in [4.69, 9.17) is 14.4 Å². The molecular weight excluding hydrogens is 621 g/mol. The third-order valence-corrected chi connectivity index (χ3v) is 11.4. The van der Waals surface area contributed by atoms with Gasteiger partial charge in [0.05, 0.1) is 5.25 Å². The molecule has 2 atom stereocenters. The lowest BCUT2D eigenvalue weighted by atomic mass is 9.96. The van der Waals surface area contributed by atoms with E-state index in [1.54, 1.807) is 72.1 Å². The number of hydrogen-bond acceptors (Lipinski definition) is 10. The molecule has 0 bridgehead atoms. The van der Waals surface area contributed by atoms with Crippen LogP contribution >= 0.6 is 23.5 Å². The van der Waals surface area contributed by atoms with Crippen LogP contribution in [-0.4, -0.2) is 51.0 Å². The number of ether oxygens (including phenoxy) is 1. The second kappa shape index (κ2) is 17.0. The average Bonchev–Trinajstić information content (AvgIpc) is 3.90. The van der Waals surface area contributed by atoms with Gasteiger partial charge in [-0.25, -0.2) is 4.79 Å². The van der Waals surface area contributed by atoms with Gasteiger partial charge in [-0.15, -0.1) is 11.8 Å². The normalized spacial score (nSPS) is 20.5. The van der Waals surface area contributed by atoms with Crippen LogP contribution in [0.3, 0.4) is 0 Å². The van der Waals surface area contributed by atoms with Gasteiger partial charge in [0.25, 0.3) is 0 Å². The fourth-order valence-corrected chi connectivity index (χ4v) is 8.16. The van der Waals surface area contributed by atoms with Crippen molar-refractivity contribution in [2.75, 3.05) is 11.5 Å². The molecule has 5 rings (SSSR count). The number of hydrogen-bond donors (Lipinski definition) is 0. The number of rotatable bonds is 15. The SMILES string of the molecule is C=C(O/N=C(\CC)C(=O)c1ccc(Oc2ccc(C(=O)/C(CCC3CCCC3)=N/OC(=O)C3CCCS3)cc2)cc1)C1CCCS1. The topological polar surface area (TPSA) is 104 Å². The zero-order chi connectivity index (χ0) is 32.3. The van der Waals surface area contributed by atoms with Gasteiger partial charge in [0.15, 0.2) is 0 Å². The summed E-state index contributed by atoms with van der Waals surface area (Å²) in [4.78, 5) is 49.8. The predicted octanol–water partition coefficient (Wildman–Crippen LogP) is 8.80. The monoisotopic (exact) mass is 662 g/mol. The standard InChI is InChI=1S/C36H42N2O6S2/c1-3-30(37-43-24(2)32-10-6-22-45-32)34(39)26-13-17-28(18-14-26)42-29-19-15-27(16-20-29)35(40)31(21-12-25-8-4-5-9-25)38-44-36(41)33-11-7-23-46-33/h13-20,25,32-33H,2-12,21-23H2,1H3/b37-30+,38-31+. The van der Waals surface area contributed by atoms with Gasteiger partial charge in [0.1, 0.15) is 33.9 Å². The Morgan fingerprint density at radius 2 is 1.28 bits per heavy atom. The molecule has 0 amide bonds. The summed E-state index contributed by atoms with van der Waals surface area (Å²) in [6.07, 6.45) is 10.4. The first-order valence-electron chi connectivity index (χ1n) is 16.3. The van der Waals surface area contributed by atoms with Crippen LogP contribution in [-0.2, 0) is 14.5 Å². The smallest absolute Gasteiger partial charge is 0.347 e. The van der Waals surface area contributed by atoms with Crippen LogP contribution in [0.2, 0.25) is 0 Å². The summed E-state index contributed by atoms with van der Waals surface area (Å²) in [6, 6.07) is 13.7. The summed E-state index contributed by atoms with van der Waals surface area (Å²) in [6.45, 7) is 5.85. The second-order valence-electron chi connectivity index (χ2n) is 11.9. The first-order valence-corrected chi connectivity index (χ1v) is 18.4. The molecule has 2 aromatic rings. The van der Waals surface area contributed by atoms with Gasteiger partial charge >= 0.3 is 5.97 Å². The highest BCUT2D eigenvalue weighted by Crippen LogP contribution is 2.32. The number of Topliss-reactive ketones (excluding diaryl/α,β-unsaturated/α-hetero) is 2. The summed E-state index contributed by atoms with van der Waals surface area (Å²) in [5, 5.41) is 8.23. The predicted molar refractivity (Wildman–Crippen MR) is 185 cm³/mol. The molecule has 10 heteroatoms. The maximum absolute atomic E-state index is 13.5. The number of ketones is 2. The molecule has 2 saturated heterocycles. The van der Waals surface area contributed by atoms with E-state index in [0.717, 1.165) is 43.6 Å². The van der Waals surface area contributed by atoms with Crippen molar-refractivity contribution in [1.82, 2.24) is 0 Å². The minimum absolute atomic E-state index is 0.207. The van der Waals surface area contributed by atoms with E-state index in [-0.39, 0.29) is 33.7 Å². The summed E-state index contributed by atoms with van der Waals surface area (Å²) in [5.74, 6) is 3.44. The number of thioether (sulfide) groups is 2. The van der Waals surface area contributed by atoms with Crippen LogP contribution < -0.4 is 4.74 Å². The maximum Gasteiger partial charge on any atom is 0.347 e. The average molecular weight is 663 g/mol. The second-order valence-corrected chi connectivity index (χ2v) is 14.5. The highest BCUT2D eigenvalue weighted by molar-refractivity contribution is 8.00. The van der Waals surface area contributed by atoms with Crippen molar-refractivity contribution in [3.05, 3.63) is 72.0 Å². The molecule has 0 N–H and O–H groups in total. The Morgan fingerprint density at radius 3 is 1.83 bits per heavy atom. The van der Waals surface area contributed by atoms with Gasteiger partial charge in [-0.05, 0) is 111 Å². The Hall–Kier alpha value is -3.37. The first-order chi connectivity index (χ1) is 22.4. The van der Waals surface area contributed by atoms with Gasteiger partial charge < -0.3 is 14.4 Å². The van der Waals surface area contributed by atoms with E-state index >= 15 is 0 Å². The maximum atomic E-state index is 13.5. The number of carbonyl (C=O) groups is 3. The Bertz CT molecular complexity index is 1440. The minimum Gasteiger partial charge on any atom is -0.457 e. The largest absolute Gasteiger partial charge is 0.457 e. The van der Waals surface area contributed by atoms with E-state index in [2.05, 4.69) is 16.9 Å². The third kappa shape index (κ3) is 9.35. The molecule has 1 saturated carbocycles. The summed E-state index contributed by atoms with van der Waals surface area (Å²) >= 11 is 3.38. The summed E-state index contributed by atoms with van der Waals surface area (Å²) < 4.78 is 5.99. The van der Waals surface area contributed by atoms with Crippen LogP contribution in [0.15, 0.2) is 71.2 Å². The summed E-state index contributed by atoms with van der Waals surface area (Å²) in [7, 11) is 0. The first kappa shape index (κ1) is 34.0. The fraction of sp³-hybridized carbons (Fsp3) is 0.472.